The molecule has 0 fully saturated rings. The summed E-state index contributed by atoms with van der Waals surface area (Å²) in [7, 11) is 1.36. The molecule has 15 heavy (non-hydrogen) atoms. The first kappa shape index (κ1) is 10.1. The maximum atomic E-state index is 11.6. The summed E-state index contributed by atoms with van der Waals surface area (Å²) in [5.74, 6) is -0.374. The van der Waals surface area contributed by atoms with Crippen LogP contribution >= 0.6 is 11.6 Å². The van der Waals surface area contributed by atoms with Crippen LogP contribution in [-0.2, 0) is 4.74 Å². The Kier molecular flexibility index (Phi) is 2.40. The first-order valence-corrected chi connectivity index (χ1v) is 4.88. The van der Waals surface area contributed by atoms with E-state index in [9.17, 15) is 4.79 Å². The standard InChI is InChI=1S/C11H10ClNO2/c1-7-9(12)8-5-3-4-6-13(8)10(7)11(14)15-2/h3-6H,1-2H3. The Hall–Kier alpha value is -1.48. The number of methoxy groups -OCH3 is 1. The molecule has 2 rings (SSSR count). The van der Waals surface area contributed by atoms with Crippen LogP contribution in [0.1, 0.15) is 16.1 Å². The van der Waals surface area contributed by atoms with Crippen LogP contribution in [0, 0.1) is 6.92 Å². The lowest BCUT2D eigenvalue weighted by atomic mass is 10.2. The Morgan fingerprint density at radius 1 is 1.47 bits per heavy atom. The highest BCUT2D eigenvalue weighted by atomic mass is 35.5. The first-order chi connectivity index (χ1) is 7.16. The number of hydrogen-bond donors (Lipinski definition) is 0. The fourth-order valence-corrected chi connectivity index (χ4v) is 1.89. The Labute approximate surface area is 92.2 Å². The van der Waals surface area contributed by atoms with Gasteiger partial charge in [0.1, 0.15) is 5.69 Å². The van der Waals surface area contributed by atoms with Gasteiger partial charge in [-0.15, -0.1) is 0 Å². The van der Waals surface area contributed by atoms with Crippen molar-refractivity contribution in [3.63, 3.8) is 0 Å². The molecule has 0 N–H and O–H groups in total. The SMILES string of the molecule is COC(=O)c1c(C)c(Cl)c2ccccn12. The van der Waals surface area contributed by atoms with Gasteiger partial charge >= 0.3 is 5.97 Å². The molecule has 4 heteroatoms. The second-order valence-corrected chi connectivity index (χ2v) is 3.61. The topological polar surface area (TPSA) is 30.7 Å². The summed E-state index contributed by atoms with van der Waals surface area (Å²) >= 11 is 6.12. The molecule has 0 aliphatic rings. The van der Waals surface area contributed by atoms with Crippen molar-refractivity contribution in [3.05, 3.63) is 40.7 Å². The van der Waals surface area contributed by atoms with E-state index < -0.39 is 0 Å². The number of esters is 1. The molecule has 2 aromatic rings. The second kappa shape index (κ2) is 3.59. The van der Waals surface area contributed by atoms with E-state index in [-0.39, 0.29) is 5.97 Å². The highest BCUT2D eigenvalue weighted by Crippen LogP contribution is 2.27. The van der Waals surface area contributed by atoms with Crippen LogP contribution in [0.2, 0.25) is 5.02 Å². The van der Waals surface area contributed by atoms with Crippen molar-refractivity contribution in [2.45, 2.75) is 6.92 Å². The monoisotopic (exact) mass is 223 g/mol. The van der Waals surface area contributed by atoms with Gasteiger partial charge in [-0.25, -0.2) is 4.79 Å². The van der Waals surface area contributed by atoms with E-state index in [1.165, 1.54) is 7.11 Å². The Balaban J connectivity index is 2.83. The van der Waals surface area contributed by atoms with Crippen LogP contribution in [0.15, 0.2) is 24.4 Å². The average molecular weight is 224 g/mol. The van der Waals surface area contributed by atoms with Gasteiger partial charge in [0.2, 0.25) is 0 Å². The van der Waals surface area contributed by atoms with Crippen LogP contribution in [-0.4, -0.2) is 17.5 Å². The molecule has 3 nitrogen and oxygen atoms in total. The van der Waals surface area contributed by atoms with Crippen molar-refractivity contribution in [1.29, 1.82) is 0 Å². The summed E-state index contributed by atoms with van der Waals surface area (Å²) in [6.07, 6.45) is 1.79. The minimum atomic E-state index is -0.374. The number of hydrogen-bond acceptors (Lipinski definition) is 2. The van der Waals surface area contributed by atoms with Gasteiger partial charge in [0.05, 0.1) is 17.6 Å². The molecule has 0 unspecified atom stereocenters. The maximum absolute atomic E-state index is 11.6. The molecular formula is C11H10ClNO2. The number of carbonyl (C=O) groups excluding carboxylic acids is 1. The van der Waals surface area contributed by atoms with E-state index in [4.69, 9.17) is 16.3 Å². The molecule has 2 heterocycles. The third-order valence-electron chi connectivity index (χ3n) is 2.39. The van der Waals surface area contributed by atoms with Crippen LogP contribution in [0.3, 0.4) is 0 Å². The van der Waals surface area contributed by atoms with Gasteiger partial charge in [-0.3, -0.25) is 0 Å². The summed E-state index contributed by atoms with van der Waals surface area (Å²) in [5, 5.41) is 0.594. The van der Waals surface area contributed by atoms with E-state index in [2.05, 4.69) is 0 Å². The van der Waals surface area contributed by atoms with Gasteiger partial charge in [-0.1, -0.05) is 17.7 Å². The zero-order valence-corrected chi connectivity index (χ0v) is 9.21. The van der Waals surface area contributed by atoms with Gasteiger partial charge in [-0.2, -0.15) is 0 Å². The second-order valence-electron chi connectivity index (χ2n) is 3.24. The Morgan fingerprint density at radius 2 is 2.20 bits per heavy atom. The van der Waals surface area contributed by atoms with Crippen molar-refractivity contribution in [2.75, 3.05) is 7.11 Å². The molecule has 0 radical (unpaired) electrons. The quantitative estimate of drug-likeness (QED) is 0.696. The summed E-state index contributed by atoms with van der Waals surface area (Å²) in [5.41, 5.74) is 2.05. The van der Waals surface area contributed by atoms with E-state index in [1.54, 1.807) is 10.6 Å². The molecule has 2 aromatic heterocycles. The van der Waals surface area contributed by atoms with Crippen molar-refractivity contribution in [1.82, 2.24) is 4.40 Å². The number of aromatic nitrogens is 1. The fourth-order valence-electron chi connectivity index (χ4n) is 1.64. The zero-order chi connectivity index (χ0) is 11.0. The minimum Gasteiger partial charge on any atom is -0.464 e. The van der Waals surface area contributed by atoms with Gasteiger partial charge < -0.3 is 9.14 Å². The van der Waals surface area contributed by atoms with Crippen molar-refractivity contribution < 1.29 is 9.53 Å². The van der Waals surface area contributed by atoms with E-state index in [0.29, 0.717) is 10.7 Å². The zero-order valence-electron chi connectivity index (χ0n) is 8.45. The predicted molar refractivity (Wildman–Crippen MR) is 58.5 cm³/mol. The highest BCUT2D eigenvalue weighted by molar-refractivity contribution is 6.35. The lowest BCUT2D eigenvalue weighted by Crippen LogP contribution is -2.06. The molecule has 0 saturated carbocycles. The van der Waals surface area contributed by atoms with Gasteiger partial charge in [0.15, 0.2) is 0 Å². The van der Waals surface area contributed by atoms with Crippen LogP contribution in [0.4, 0.5) is 0 Å². The third-order valence-corrected chi connectivity index (χ3v) is 2.87. The number of ether oxygens (including phenoxy) is 1. The first-order valence-electron chi connectivity index (χ1n) is 4.50. The summed E-state index contributed by atoms with van der Waals surface area (Å²) in [6, 6.07) is 5.58. The fraction of sp³-hybridized carbons (Fsp3) is 0.182. The van der Waals surface area contributed by atoms with Crippen LogP contribution in [0.5, 0.6) is 0 Å². The number of fused-ring (bicyclic) bond motifs is 1. The number of carbonyl (C=O) groups is 1. The number of nitrogens with zero attached hydrogens (tertiary/aromatic N) is 1. The predicted octanol–water partition coefficient (Wildman–Crippen LogP) is 2.69. The summed E-state index contributed by atoms with van der Waals surface area (Å²) in [4.78, 5) is 11.6. The van der Waals surface area contributed by atoms with Crippen LogP contribution in [0.25, 0.3) is 5.52 Å². The number of pyridine rings is 1. The van der Waals surface area contributed by atoms with E-state index in [0.717, 1.165) is 11.1 Å². The molecule has 0 atom stereocenters. The van der Waals surface area contributed by atoms with E-state index >= 15 is 0 Å². The van der Waals surface area contributed by atoms with E-state index in [1.807, 2.05) is 25.1 Å². The normalized spacial score (nSPS) is 10.6. The molecule has 0 spiro atoms. The van der Waals surface area contributed by atoms with Crippen molar-refractivity contribution in [3.8, 4) is 0 Å². The molecule has 78 valence electrons. The Bertz CT molecular complexity index is 531. The number of rotatable bonds is 1. The molecule has 0 saturated heterocycles. The van der Waals surface area contributed by atoms with Gasteiger partial charge in [-0.05, 0) is 19.1 Å². The van der Waals surface area contributed by atoms with Crippen molar-refractivity contribution in [2.24, 2.45) is 0 Å². The molecule has 0 aromatic carbocycles. The molecule has 0 bridgehead atoms. The van der Waals surface area contributed by atoms with Gasteiger partial charge in [0.25, 0.3) is 0 Å². The van der Waals surface area contributed by atoms with Gasteiger partial charge in [0, 0.05) is 11.8 Å². The lowest BCUT2D eigenvalue weighted by Gasteiger charge is -2.00. The largest absolute Gasteiger partial charge is 0.464 e. The highest BCUT2D eigenvalue weighted by Gasteiger charge is 2.19. The number of halogens is 1. The Morgan fingerprint density at radius 3 is 2.87 bits per heavy atom. The maximum Gasteiger partial charge on any atom is 0.355 e. The molecule has 0 aliphatic carbocycles. The molecular weight excluding hydrogens is 214 g/mol. The third kappa shape index (κ3) is 1.39. The lowest BCUT2D eigenvalue weighted by molar-refractivity contribution is 0.0592. The van der Waals surface area contributed by atoms with Crippen molar-refractivity contribution >= 4 is 23.1 Å². The molecule has 0 aliphatic heterocycles. The molecule has 0 amide bonds. The minimum absolute atomic E-state index is 0.374. The summed E-state index contributed by atoms with van der Waals surface area (Å²) < 4.78 is 6.46. The van der Waals surface area contributed by atoms with Crippen LogP contribution < -0.4 is 0 Å². The summed E-state index contributed by atoms with van der Waals surface area (Å²) in [6.45, 7) is 1.81. The smallest absolute Gasteiger partial charge is 0.355 e. The average Bonchev–Trinajstić information content (AvgIpc) is 2.52.